The number of hydrogen-bond acceptors (Lipinski definition) is 4. The monoisotopic (exact) mass is 752 g/mol. The molecule has 0 amide bonds. The molecule has 59 heavy (non-hydrogen) atoms. The van der Waals surface area contributed by atoms with Crippen molar-refractivity contribution in [2.75, 3.05) is 4.90 Å². The van der Waals surface area contributed by atoms with Crippen LogP contribution in [0.15, 0.2) is 186 Å². The van der Waals surface area contributed by atoms with E-state index in [1.54, 1.807) is 0 Å². The third kappa shape index (κ3) is 4.13. The maximum absolute atomic E-state index is 6.48. The van der Waals surface area contributed by atoms with Crippen LogP contribution in [0.1, 0.15) is 11.5 Å². The lowest BCUT2D eigenvalue weighted by molar-refractivity contribution is 0.653. The summed E-state index contributed by atoms with van der Waals surface area (Å²) in [5, 5.41) is 8.12. The van der Waals surface area contributed by atoms with Gasteiger partial charge < -0.3 is 9.32 Å². The highest BCUT2D eigenvalue weighted by Crippen LogP contribution is 2.60. The van der Waals surface area contributed by atoms with Gasteiger partial charge in [-0.15, -0.1) is 0 Å². The number of furan rings is 1. The number of fused-ring (bicyclic) bond motifs is 18. The molecule has 8 aromatic carbocycles. The van der Waals surface area contributed by atoms with Gasteiger partial charge in [-0.2, -0.15) is 0 Å². The van der Waals surface area contributed by atoms with Crippen molar-refractivity contribution in [1.29, 1.82) is 0 Å². The minimum Gasteiger partial charge on any atom is -0.436 e. The molecule has 0 N–H and O–H groups in total. The van der Waals surface area contributed by atoms with Gasteiger partial charge in [0.15, 0.2) is 5.82 Å². The van der Waals surface area contributed by atoms with E-state index in [-0.39, 0.29) is 12.0 Å². The van der Waals surface area contributed by atoms with Gasteiger partial charge in [-0.25, -0.2) is 9.97 Å². The Balaban J connectivity index is 1.16. The fourth-order valence-corrected chi connectivity index (χ4v) is 10.6. The Morgan fingerprint density at radius 3 is 2.17 bits per heavy atom. The minimum absolute atomic E-state index is 0.145. The molecule has 0 fully saturated rings. The standard InChI is InChI=1S/C54H32N4O/c1-2-14-34-31(13-1)25-26-32-27-28-33(29-41(32)34)50-53(55-51-40-20-8-12-24-47(40)59-54(51)56-50)58-45-23-11-7-19-39(45)48-46(58)30-42-37-17-6-10-22-44(37)57-43-21-9-5-16-36(43)35-15-3-4-18-38(35)49(48)52(42)57/h1-30,37,44H. The maximum Gasteiger partial charge on any atom is 0.247 e. The van der Waals surface area contributed by atoms with Gasteiger partial charge in [-0.3, -0.25) is 4.57 Å². The Bertz CT molecular complexity index is 3720. The van der Waals surface area contributed by atoms with Crippen LogP contribution in [0.4, 0.5) is 11.4 Å². The normalized spacial score (nSPS) is 16.3. The zero-order chi connectivity index (χ0) is 38.3. The molecule has 14 rings (SSSR count). The molecule has 3 aliphatic rings. The van der Waals surface area contributed by atoms with Crippen LogP contribution in [-0.4, -0.2) is 20.6 Å². The molecule has 5 heterocycles. The number of allylic oxidation sites excluding steroid dienone is 2. The lowest BCUT2D eigenvalue weighted by Gasteiger charge is -2.30. The van der Waals surface area contributed by atoms with Crippen molar-refractivity contribution >= 4 is 76.9 Å². The van der Waals surface area contributed by atoms with E-state index < -0.39 is 0 Å². The molecule has 0 spiro atoms. The second-order valence-electron chi connectivity index (χ2n) is 16.0. The number of benzene rings is 8. The van der Waals surface area contributed by atoms with Crippen LogP contribution in [0.3, 0.4) is 0 Å². The minimum atomic E-state index is 0.145. The summed E-state index contributed by atoms with van der Waals surface area (Å²) in [5.74, 6) is 0.945. The molecular weight excluding hydrogens is 721 g/mol. The molecule has 2 aliphatic heterocycles. The predicted molar refractivity (Wildman–Crippen MR) is 242 cm³/mol. The molecule has 1 aliphatic carbocycles. The quantitative estimate of drug-likeness (QED) is 0.165. The van der Waals surface area contributed by atoms with E-state index in [0.717, 1.165) is 44.6 Å². The number of rotatable bonds is 2. The number of aromatic nitrogens is 3. The Morgan fingerprint density at radius 1 is 0.542 bits per heavy atom. The van der Waals surface area contributed by atoms with Gasteiger partial charge in [0, 0.05) is 44.5 Å². The van der Waals surface area contributed by atoms with E-state index >= 15 is 0 Å². The topological polar surface area (TPSA) is 47.1 Å². The summed E-state index contributed by atoms with van der Waals surface area (Å²) < 4.78 is 8.86. The smallest absolute Gasteiger partial charge is 0.247 e. The zero-order valence-corrected chi connectivity index (χ0v) is 31.7. The van der Waals surface area contributed by atoms with Gasteiger partial charge in [-0.05, 0) is 74.6 Å². The van der Waals surface area contributed by atoms with E-state index in [1.807, 2.05) is 18.2 Å². The third-order valence-corrected chi connectivity index (χ3v) is 13.0. The van der Waals surface area contributed by atoms with Gasteiger partial charge in [-0.1, -0.05) is 146 Å². The highest BCUT2D eigenvalue weighted by atomic mass is 16.3. The van der Waals surface area contributed by atoms with Gasteiger partial charge in [0.2, 0.25) is 5.71 Å². The van der Waals surface area contributed by atoms with Gasteiger partial charge in [0.25, 0.3) is 0 Å². The first-order valence-corrected chi connectivity index (χ1v) is 20.3. The van der Waals surface area contributed by atoms with Crippen LogP contribution in [0.5, 0.6) is 0 Å². The van der Waals surface area contributed by atoms with Gasteiger partial charge in [0.1, 0.15) is 16.8 Å². The van der Waals surface area contributed by atoms with Crippen LogP contribution in [0, 0.1) is 0 Å². The van der Waals surface area contributed by atoms with Gasteiger partial charge >= 0.3 is 0 Å². The average Bonchev–Trinajstić information content (AvgIpc) is 3.92. The lowest BCUT2D eigenvalue weighted by atomic mass is 9.86. The van der Waals surface area contributed by atoms with Crippen molar-refractivity contribution in [3.8, 4) is 39.3 Å². The highest BCUT2D eigenvalue weighted by molar-refractivity contribution is 6.22. The summed E-state index contributed by atoms with van der Waals surface area (Å²) in [6, 6.07) is 57.2. The summed E-state index contributed by atoms with van der Waals surface area (Å²) in [4.78, 5) is 13.7. The first-order chi connectivity index (χ1) is 29.3. The second kappa shape index (κ2) is 11.4. The molecule has 0 saturated heterocycles. The number of anilines is 2. The van der Waals surface area contributed by atoms with Crippen molar-refractivity contribution < 1.29 is 4.42 Å². The fourth-order valence-electron chi connectivity index (χ4n) is 10.6. The molecule has 0 saturated carbocycles. The Hall–Kier alpha value is -7.76. The van der Waals surface area contributed by atoms with E-state index in [0.29, 0.717) is 5.71 Å². The SMILES string of the molecule is C1=CC2c3cc4c(c5c3N(c3ccccc3-c3ccccc3-5)C2C=C1)c1ccccc1n4-c1nc2c(nc1-c1ccc3ccc4ccccc4c3c1)oc1ccccc12. The van der Waals surface area contributed by atoms with Crippen molar-refractivity contribution in [2.45, 2.75) is 12.0 Å². The molecule has 2 unspecified atom stereocenters. The number of nitrogens with zero attached hydrogens (tertiary/aromatic N) is 4. The van der Waals surface area contributed by atoms with Crippen molar-refractivity contribution in [1.82, 2.24) is 14.5 Å². The summed E-state index contributed by atoms with van der Waals surface area (Å²) in [6.07, 6.45) is 9.19. The average molecular weight is 753 g/mol. The third-order valence-electron chi connectivity index (χ3n) is 13.0. The fraction of sp³-hybridized carbons (Fsp3) is 0.0370. The molecule has 274 valence electrons. The second-order valence-corrected chi connectivity index (χ2v) is 16.0. The first kappa shape index (κ1) is 31.3. The van der Waals surface area contributed by atoms with Crippen LogP contribution < -0.4 is 4.90 Å². The molecule has 5 nitrogen and oxygen atoms in total. The molecule has 2 atom stereocenters. The maximum atomic E-state index is 6.48. The Labute approximate surface area is 338 Å². The first-order valence-electron chi connectivity index (χ1n) is 20.3. The predicted octanol–water partition coefficient (Wildman–Crippen LogP) is 13.8. The molecule has 0 bridgehead atoms. The zero-order valence-electron chi connectivity index (χ0n) is 31.7. The van der Waals surface area contributed by atoms with E-state index in [1.165, 1.54) is 71.5 Å². The highest BCUT2D eigenvalue weighted by Gasteiger charge is 2.43. The molecular formula is C54H32N4O. The van der Waals surface area contributed by atoms with Crippen molar-refractivity contribution in [2.24, 2.45) is 0 Å². The van der Waals surface area contributed by atoms with Crippen LogP contribution >= 0.6 is 0 Å². The molecule has 0 radical (unpaired) electrons. The van der Waals surface area contributed by atoms with E-state index in [9.17, 15) is 0 Å². The Kier molecular flexibility index (Phi) is 6.07. The van der Waals surface area contributed by atoms with Gasteiger partial charge in [0.05, 0.1) is 22.8 Å². The lowest BCUT2D eigenvalue weighted by Crippen LogP contribution is -2.28. The van der Waals surface area contributed by atoms with E-state index in [2.05, 4.69) is 173 Å². The summed E-state index contributed by atoms with van der Waals surface area (Å²) in [6.45, 7) is 0. The molecule has 3 aromatic heterocycles. The largest absolute Gasteiger partial charge is 0.436 e. The van der Waals surface area contributed by atoms with Crippen LogP contribution in [0.25, 0.3) is 105 Å². The summed E-state index contributed by atoms with van der Waals surface area (Å²) in [7, 11) is 0. The van der Waals surface area contributed by atoms with E-state index in [4.69, 9.17) is 14.4 Å². The molecule has 11 aromatic rings. The molecule has 5 heteroatoms. The summed E-state index contributed by atoms with van der Waals surface area (Å²) in [5.41, 5.74) is 14.8. The Morgan fingerprint density at radius 2 is 1.25 bits per heavy atom. The summed E-state index contributed by atoms with van der Waals surface area (Å²) >= 11 is 0. The number of hydrogen-bond donors (Lipinski definition) is 0. The van der Waals surface area contributed by atoms with Crippen LogP contribution in [-0.2, 0) is 0 Å². The van der Waals surface area contributed by atoms with Crippen LogP contribution in [0.2, 0.25) is 0 Å². The van der Waals surface area contributed by atoms with Crippen molar-refractivity contribution in [3.05, 3.63) is 188 Å². The number of para-hydroxylation sites is 3. The van der Waals surface area contributed by atoms with Crippen molar-refractivity contribution in [3.63, 3.8) is 0 Å².